The van der Waals surface area contributed by atoms with Crippen molar-refractivity contribution in [2.24, 2.45) is 0 Å². The second-order valence-electron chi connectivity index (χ2n) is 9.94. The first-order chi connectivity index (χ1) is 17.3. The van der Waals surface area contributed by atoms with Gasteiger partial charge in [0.05, 0.1) is 12.2 Å². The number of amides is 4. The molecule has 1 aromatic carbocycles. The summed E-state index contributed by atoms with van der Waals surface area (Å²) in [5.41, 5.74) is 1.82. The van der Waals surface area contributed by atoms with Crippen molar-refractivity contribution in [1.29, 1.82) is 0 Å². The van der Waals surface area contributed by atoms with Gasteiger partial charge in [-0.3, -0.25) is 24.5 Å². The fraction of sp³-hybridized carbons (Fsp3) is 0.500. The number of nitrogens with zero attached hydrogens (tertiary/aromatic N) is 3. The first kappa shape index (κ1) is 24.0. The second-order valence-corrected chi connectivity index (χ2v) is 9.94. The molecule has 3 aliphatic heterocycles. The molecular formula is C26H30N4O6. The summed E-state index contributed by atoms with van der Waals surface area (Å²) in [6.45, 7) is 5.20. The monoisotopic (exact) mass is 494 g/mol. The van der Waals surface area contributed by atoms with Crippen molar-refractivity contribution in [3.63, 3.8) is 0 Å². The molecule has 0 bridgehead atoms. The number of likely N-dealkylation sites (tertiary alicyclic amines) is 1. The quantitative estimate of drug-likeness (QED) is 0.613. The Morgan fingerprint density at radius 1 is 1.22 bits per heavy atom. The van der Waals surface area contributed by atoms with Crippen molar-refractivity contribution in [3.05, 3.63) is 46.8 Å². The molecule has 3 aliphatic rings. The lowest BCUT2D eigenvalue weighted by Crippen LogP contribution is -2.52. The number of carbonyl (C=O) groups excluding carboxylic acids is 4. The Morgan fingerprint density at radius 3 is 2.83 bits per heavy atom. The number of piperidine rings is 2. The molecule has 10 heteroatoms. The maximum Gasteiger partial charge on any atom is 0.259 e. The van der Waals surface area contributed by atoms with Crippen LogP contribution in [0.15, 0.2) is 28.9 Å². The second kappa shape index (κ2) is 9.75. The number of carbonyl (C=O) groups is 4. The van der Waals surface area contributed by atoms with Crippen LogP contribution >= 0.6 is 0 Å². The van der Waals surface area contributed by atoms with Crippen LogP contribution in [0.4, 0.5) is 0 Å². The Hall–Kier alpha value is -3.69. The molecule has 2 aromatic rings. The molecular weight excluding hydrogens is 464 g/mol. The van der Waals surface area contributed by atoms with Gasteiger partial charge in [0.2, 0.25) is 11.8 Å². The number of benzene rings is 1. The maximum absolute atomic E-state index is 13.3. The van der Waals surface area contributed by atoms with E-state index < -0.39 is 11.9 Å². The van der Waals surface area contributed by atoms with Crippen LogP contribution in [0.2, 0.25) is 0 Å². The average molecular weight is 495 g/mol. The van der Waals surface area contributed by atoms with Crippen LogP contribution in [0.1, 0.15) is 83.9 Å². The minimum atomic E-state index is -0.651. The molecule has 2 saturated heterocycles. The molecule has 4 amide bonds. The summed E-state index contributed by atoms with van der Waals surface area (Å²) in [5, 5.41) is 6.15. The van der Waals surface area contributed by atoms with Crippen molar-refractivity contribution in [2.45, 2.75) is 70.5 Å². The summed E-state index contributed by atoms with van der Waals surface area (Å²) in [7, 11) is 0. The van der Waals surface area contributed by atoms with Gasteiger partial charge in [-0.2, -0.15) is 0 Å². The Labute approximate surface area is 208 Å². The van der Waals surface area contributed by atoms with Crippen LogP contribution in [0, 0.1) is 0 Å². The summed E-state index contributed by atoms with van der Waals surface area (Å²) >= 11 is 0. The number of hydrogen-bond acceptors (Lipinski definition) is 7. The summed E-state index contributed by atoms with van der Waals surface area (Å²) in [5.74, 6) is 0.207. The lowest BCUT2D eigenvalue weighted by molar-refractivity contribution is -0.136. The number of aromatic nitrogens is 1. The number of fused-ring (bicyclic) bond motifs is 1. The van der Waals surface area contributed by atoms with Crippen LogP contribution in [0.3, 0.4) is 0 Å². The zero-order valence-corrected chi connectivity index (χ0v) is 20.5. The van der Waals surface area contributed by atoms with Gasteiger partial charge in [0.25, 0.3) is 11.8 Å². The van der Waals surface area contributed by atoms with Gasteiger partial charge in [0, 0.05) is 31.0 Å². The highest BCUT2D eigenvalue weighted by Gasteiger charge is 2.39. The van der Waals surface area contributed by atoms with Gasteiger partial charge >= 0.3 is 0 Å². The predicted molar refractivity (Wildman–Crippen MR) is 127 cm³/mol. The molecule has 0 radical (unpaired) electrons. The number of imide groups is 1. The van der Waals surface area contributed by atoms with Gasteiger partial charge in [0.15, 0.2) is 5.76 Å². The lowest BCUT2D eigenvalue weighted by Gasteiger charge is -2.35. The highest BCUT2D eigenvalue weighted by Crippen LogP contribution is 2.31. The topological polar surface area (TPSA) is 122 Å². The molecule has 0 saturated carbocycles. The Balaban J connectivity index is 1.26. The van der Waals surface area contributed by atoms with Crippen molar-refractivity contribution < 1.29 is 28.4 Å². The molecule has 2 atom stereocenters. The fourth-order valence-electron chi connectivity index (χ4n) is 5.25. The van der Waals surface area contributed by atoms with Crippen molar-refractivity contribution in [2.75, 3.05) is 13.2 Å². The zero-order valence-electron chi connectivity index (χ0n) is 20.5. The van der Waals surface area contributed by atoms with E-state index in [4.69, 9.17) is 9.26 Å². The highest BCUT2D eigenvalue weighted by atomic mass is 16.5. The third-order valence-corrected chi connectivity index (χ3v) is 7.18. The van der Waals surface area contributed by atoms with E-state index >= 15 is 0 Å². The van der Waals surface area contributed by atoms with E-state index in [1.807, 2.05) is 24.8 Å². The van der Waals surface area contributed by atoms with Crippen molar-refractivity contribution in [1.82, 2.24) is 20.3 Å². The summed E-state index contributed by atoms with van der Waals surface area (Å²) < 4.78 is 11.4. The van der Waals surface area contributed by atoms with E-state index in [0.717, 1.165) is 24.8 Å². The smallest absolute Gasteiger partial charge is 0.259 e. The molecule has 10 nitrogen and oxygen atoms in total. The normalized spacial score (nSPS) is 22.1. The minimum absolute atomic E-state index is 0.0554. The van der Waals surface area contributed by atoms with Crippen LogP contribution in [-0.4, -0.2) is 63.8 Å². The summed E-state index contributed by atoms with van der Waals surface area (Å²) in [6, 6.07) is 4.55. The van der Waals surface area contributed by atoms with E-state index in [1.54, 1.807) is 12.1 Å². The number of hydrogen-bond donors (Lipinski definition) is 1. The lowest BCUT2D eigenvalue weighted by atomic mass is 10.00. The van der Waals surface area contributed by atoms with Gasteiger partial charge in [-0.1, -0.05) is 19.0 Å². The standard InChI is InChI=1S/C26H30N4O6/c1-15(2)23-20(12-27-36-23)26(34)29-10-4-3-5-17(29)14-35-18-6-7-19-16(11-18)13-30(25(19)33)21-8-9-22(31)28-24(21)32/h6-7,11-12,15,17,21H,3-5,8-10,13-14H2,1-2H3,(H,28,31,32)/t17-,21?/m1/s1. The van der Waals surface area contributed by atoms with E-state index in [-0.39, 0.29) is 42.6 Å². The van der Waals surface area contributed by atoms with Gasteiger partial charge in [-0.05, 0) is 49.4 Å². The Kier molecular flexibility index (Phi) is 6.51. The molecule has 1 aromatic heterocycles. The fourth-order valence-corrected chi connectivity index (χ4v) is 5.25. The number of nitrogens with one attached hydrogen (secondary N) is 1. The van der Waals surface area contributed by atoms with Gasteiger partial charge < -0.3 is 19.1 Å². The molecule has 4 heterocycles. The molecule has 5 rings (SSSR count). The van der Waals surface area contributed by atoms with E-state index in [0.29, 0.717) is 42.2 Å². The Bertz CT molecular complexity index is 1200. The first-order valence-corrected chi connectivity index (χ1v) is 12.5. The van der Waals surface area contributed by atoms with Gasteiger partial charge in [-0.15, -0.1) is 0 Å². The van der Waals surface area contributed by atoms with Gasteiger partial charge in [0.1, 0.15) is 24.0 Å². The van der Waals surface area contributed by atoms with Crippen molar-refractivity contribution >= 4 is 23.6 Å². The van der Waals surface area contributed by atoms with Crippen LogP contribution < -0.4 is 10.1 Å². The van der Waals surface area contributed by atoms with Crippen LogP contribution in [0.25, 0.3) is 0 Å². The predicted octanol–water partition coefficient (Wildman–Crippen LogP) is 2.63. The van der Waals surface area contributed by atoms with Crippen molar-refractivity contribution in [3.8, 4) is 5.75 Å². The summed E-state index contributed by atoms with van der Waals surface area (Å²) in [4.78, 5) is 53.3. The third kappa shape index (κ3) is 4.47. The molecule has 0 aliphatic carbocycles. The molecule has 1 N–H and O–H groups in total. The zero-order chi connectivity index (χ0) is 25.4. The molecule has 1 unspecified atom stereocenters. The average Bonchev–Trinajstić information content (AvgIpc) is 3.48. The largest absolute Gasteiger partial charge is 0.491 e. The first-order valence-electron chi connectivity index (χ1n) is 12.5. The molecule has 0 spiro atoms. The molecule has 190 valence electrons. The van der Waals surface area contributed by atoms with E-state index in [1.165, 1.54) is 11.1 Å². The third-order valence-electron chi connectivity index (χ3n) is 7.18. The molecule has 36 heavy (non-hydrogen) atoms. The SMILES string of the molecule is CC(C)c1oncc1C(=O)N1CCCC[C@@H]1COc1ccc2c(c1)CN(C1CCC(=O)NC1=O)C2=O. The maximum atomic E-state index is 13.3. The minimum Gasteiger partial charge on any atom is -0.491 e. The Morgan fingerprint density at radius 2 is 2.06 bits per heavy atom. The highest BCUT2D eigenvalue weighted by molar-refractivity contribution is 6.05. The van der Waals surface area contributed by atoms with Crippen LogP contribution in [0.5, 0.6) is 5.75 Å². The van der Waals surface area contributed by atoms with E-state index in [2.05, 4.69) is 10.5 Å². The van der Waals surface area contributed by atoms with Crippen LogP contribution in [-0.2, 0) is 16.1 Å². The number of ether oxygens (including phenoxy) is 1. The van der Waals surface area contributed by atoms with E-state index in [9.17, 15) is 19.2 Å². The molecule has 2 fully saturated rings. The summed E-state index contributed by atoms with van der Waals surface area (Å²) in [6.07, 6.45) is 4.81. The van der Waals surface area contributed by atoms with Gasteiger partial charge in [-0.25, -0.2) is 0 Å². The number of rotatable bonds is 6.